The van der Waals surface area contributed by atoms with Crippen LogP contribution in [0.3, 0.4) is 0 Å². The van der Waals surface area contributed by atoms with Crippen LogP contribution in [-0.2, 0) is 0 Å². The molecule has 0 saturated heterocycles. The normalized spacial score (nSPS) is 10.7. The molecule has 1 aromatic carbocycles. The highest BCUT2D eigenvalue weighted by Gasteiger charge is 2.10. The third-order valence-electron chi connectivity index (χ3n) is 3.13. The molecule has 4 nitrogen and oxygen atoms in total. The van der Waals surface area contributed by atoms with Crippen molar-refractivity contribution >= 4 is 30.0 Å². The Hall–Kier alpha value is -2.50. The van der Waals surface area contributed by atoms with Gasteiger partial charge in [0, 0.05) is 30.4 Å². The van der Waals surface area contributed by atoms with Crippen LogP contribution in [0.4, 0.5) is 10.2 Å². The van der Waals surface area contributed by atoms with Crippen LogP contribution < -0.4 is 10.8 Å². The highest BCUT2D eigenvalue weighted by molar-refractivity contribution is 6.33. The molecule has 0 bridgehead atoms. The Morgan fingerprint density at radius 1 is 1.25 bits per heavy atom. The summed E-state index contributed by atoms with van der Waals surface area (Å²) in [5.74, 6) is 0.936. The van der Waals surface area contributed by atoms with Gasteiger partial charge in [0.15, 0.2) is 5.82 Å². The van der Waals surface area contributed by atoms with E-state index in [-0.39, 0.29) is 5.82 Å². The number of benzene rings is 1. The fourth-order valence-corrected chi connectivity index (χ4v) is 2.07. The van der Waals surface area contributed by atoms with E-state index in [4.69, 9.17) is 0 Å². The predicted octanol–water partition coefficient (Wildman–Crippen LogP) is 1.13. The molecule has 0 atom stereocenters. The smallest absolute Gasteiger partial charge is 0.163 e. The molecule has 98 valence electrons. The van der Waals surface area contributed by atoms with Crippen LogP contribution in [0.15, 0.2) is 36.7 Å². The molecule has 6 heteroatoms. The Morgan fingerprint density at radius 2 is 2.10 bits per heavy atom. The second kappa shape index (κ2) is 4.88. The number of pyridine rings is 1. The lowest BCUT2D eigenvalue weighted by Gasteiger charge is -2.09. The van der Waals surface area contributed by atoms with Gasteiger partial charge in [0.1, 0.15) is 19.5 Å². The van der Waals surface area contributed by atoms with Gasteiger partial charge in [-0.2, -0.15) is 0 Å². The molecule has 0 aliphatic heterocycles. The fraction of sp³-hybridized carbons (Fsp3) is 0.0714. The van der Waals surface area contributed by atoms with E-state index in [1.807, 2.05) is 12.1 Å². The maximum Gasteiger partial charge on any atom is 0.163 e. The van der Waals surface area contributed by atoms with Gasteiger partial charge in [-0.1, -0.05) is 11.5 Å². The van der Waals surface area contributed by atoms with Crippen molar-refractivity contribution in [3.05, 3.63) is 42.5 Å². The largest absolute Gasteiger partial charge is 0.373 e. The highest BCUT2D eigenvalue weighted by atomic mass is 19.1. The molecule has 1 N–H and O–H groups in total. The van der Waals surface area contributed by atoms with E-state index >= 15 is 0 Å². The zero-order valence-electron chi connectivity index (χ0n) is 11.2. The first-order valence-electron chi connectivity index (χ1n) is 6.25. The summed E-state index contributed by atoms with van der Waals surface area (Å²) in [7, 11) is 3.51. The summed E-state index contributed by atoms with van der Waals surface area (Å²) in [6.07, 6.45) is 3.37. The van der Waals surface area contributed by atoms with Gasteiger partial charge in [-0.15, -0.1) is 0 Å². The number of hydrogen-bond acceptors (Lipinski definition) is 4. The van der Waals surface area contributed by atoms with E-state index in [1.54, 1.807) is 33.4 Å². The maximum absolute atomic E-state index is 13.7. The number of hydrogen-bond donors (Lipinski definition) is 1. The number of anilines is 1. The van der Waals surface area contributed by atoms with Gasteiger partial charge in [-0.25, -0.2) is 14.4 Å². The monoisotopic (exact) mass is 266 g/mol. The van der Waals surface area contributed by atoms with Crippen molar-refractivity contribution in [1.82, 2.24) is 15.0 Å². The first-order valence-corrected chi connectivity index (χ1v) is 6.25. The number of fused-ring (bicyclic) bond motifs is 1. The molecular formula is C14H12BFN4. The molecule has 20 heavy (non-hydrogen) atoms. The first-order chi connectivity index (χ1) is 9.69. The average molecular weight is 266 g/mol. The second-order valence-corrected chi connectivity index (χ2v) is 4.51. The third-order valence-corrected chi connectivity index (χ3v) is 3.13. The lowest BCUT2D eigenvalue weighted by molar-refractivity contribution is 0.637. The number of halogens is 1. The molecule has 0 fully saturated rings. The van der Waals surface area contributed by atoms with E-state index in [2.05, 4.69) is 20.3 Å². The Bertz CT molecular complexity index is 777. The molecule has 0 aliphatic rings. The van der Waals surface area contributed by atoms with E-state index < -0.39 is 0 Å². The Labute approximate surface area is 116 Å². The van der Waals surface area contributed by atoms with Crippen LogP contribution in [0.2, 0.25) is 0 Å². The van der Waals surface area contributed by atoms with Crippen LogP contribution in [0.5, 0.6) is 0 Å². The maximum atomic E-state index is 13.7. The molecule has 2 aromatic heterocycles. The fourth-order valence-electron chi connectivity index (χ4n) is 2.07. The number of aromatic nitrogens is 3. The quantitative estimate of drug-likeness (QED) is 0.706. The molecule has 0 amide bonds. The lowest BCUT2D eigenvalue weighted by Crippen LogP contribution is -2.09. The summed E-state index contributed by atoms with van der Waals surface area (Å²) in [5, 5.41) is 3.84. The second-order valence-electron chi connectivity index (χ2n) is 4.51. The molecule has 3 rings (SSSR count). The average Bonchev–Trinajstić information content (AvgIpc) is 2.48. The molecule has 3 aromatic rings. The highest BCUT2D eigenvalue weighted by Crippen LogP contribution is 2.24. The van der Waals surface area contributed by atoms with Crippen molar-refractivity contribution in [2.24, 2.45) is 0 Å². The Kier molecular flexibility index (Phi) is 3.06. The summed E-state index contributed by atoms with van der Waals surface area (Å²) in [6.45, 7) is 0. The Balaban J connectivity index is 2.29. The van der Waals surface area contributed by atoms with Crippen molar-refractivity contribution in [2.45, 2.75) is 0 Å². The molecule has 0 unspecified atom stereocenters. The molecule has 0 spiro atoms. The topological polar surface area (TPSA) is 50.7 Å². The first kappa shape index (κ1) is 12.5. The number of rotatable bonds is 2. The lowest BCUT2D eigenvalue weighted by atomic mass is 9.94. The molecule has 0 aliphatic carbocycles. The summed E-state index contributed by atoms with van der Waals surface area (Å²) in [5.41, 5.74) is 1.95. The third kappa shape index (κ3) is 2.09. The van der Waals surface area contributed by atoms with E-state index in [9.17, 15) is 4.39 Å². The van der Waals surface area contributed by atoms with E-state index in [0.717, 1.165) is 10.9 Å². The molecule has 2 heterocycles. The van der Waals surface area contributed by atoms with Crippen molar-refractivity contribution in [1.29, 1.82) is 0 Å². The van der Waals surface area contributed by atoms with Gasteiger partial charge < -0.3 is 5.32 Å². The van der Waals surface area contributed by atoms with Crippen LogP contribution in [0, 0.1) is 5.82 Å². The van der Waals surface area contributed by atoms with Gasteiger partial charge >= 0.3 is 0 Å². The van der Waals surface area contributed by atoms with Gasteiger partial charge in [0.25, 0.3) is 0 Å². The zero-order valence-corrected chi connectivity index (χ0v) is 11.2. The Morgan fingerprint density at radius 3 is 2.80 bits per heavy atom. The molecular weight excluding hydrogens is 254 g/mol. The van der Waals surface area contributed by atoms with Crippen LogP contribution in [0.25, 0.3) is 22.3 Å². The van der Waals surface area contributed by atoms with Gasteiger partial charge in [0.05, 0.1) is 5.52 Å². The van der Waals surface area contributed by atoms with Gasteiger partial charge in [-0.3, -0.25) is 4.98 Å². The van der Waals surface area contributed by atoms with Crippen LogP contribution in [-0.4, -0.2) is 29.8 Å². The van der Waals surface area contributed by atoms with Crippen LogP contribution in [0.1, 0.15) is 0 Å². The van der Waals surface area contributed by atoms with Crippen molar-refractivity contribution < 1.29 is 4.39 Å². The van der Waals surface area contributed by atoms with E-state index in [0.29, 0.717) is 22.6 Å². The minimum Gasteiger partial charge on any atom is -0.373 e. The zero-order chi connectivity index (χ0) is 14.1. The molecule has 0 saturated carbocycles. The van der Waals surface area contributed by atoms with Crippen LogP contribution >= 0.6 is 0 Å². The number of nitrogens with one attached hydrogen (secondary N) is 1. The van der Waals surface area contributed by atoms with Crippen molar-refractivity contribution in [3.8, 4) is 11.4 Å². The summed E-state index contributed by atoms with van der Waals surface area (Å²) < 4.78 is 13.7. The SMILES string of the molecule is Bc1cc2c(NC)nc(-c3cccnc3)nc2cc1F. The van der Waals surface area contributed by atoms with Gasteiger partial charge in [-0.05, 0) is 18.2 Å². The summed E-state index contributed by atoms with van der Waals surface area (Å²) in [6, 6.07) is 6.88. The van der Waals surface area contributed by atoms with Crippen molar-refractivity contribution in [3.63, 3.8) is 0 Å². The van der Waals surface area contributed by atoms with E-state index in [1.165, 1.54) is 6.07 Å². The number of nitrogens with zero attached hydrogens (tertiary/aromatic N) is 3. The minimum absolute atomic E-state index is 0.268. The van der Waals surface area contributed by atoms with Crippen molar-refractivity contribution in [2.75, 3.05) is 12.4 Å². The van der Waals surface area contributed by atoms with Gasteiger partial charge in [0.2, 0.25) is 0 Å². The summed E-state index contributed by atoms with van der Waals surface area (Å²) in [4.78, 5) is 13.0. The predicted molar refractivity (Wildman–Crippen MR) is 80.5 cm³/mol. The molecule has 0 radical (unpaired) electrons. The minimum atomic E-state index is -0.268. The summed E-state index contributed by atoms with van der Waals surface area (Å²) >= 11 is 0. The standard InChI is InChI=1S/C14H12BFN4/c1-17-14-9-5-10(15)11(16)6-12(9)19-13(20-14)8-3-2-4-18-7-8/h2-7H,15H2,1H3,(H,17,19,20).